The van der Waals surface area contributed by atoms with Crippen molar-refractivity contribution in [1.29, 1.82) is 0 Å². The van der Waals surface area contributed by atoms with Crippen LogP contribution in [0.5, 0.6) is 0 Å². The predicted octanol–water partition coefficient (Wildman–Crippen LogP) is 0.772. The van der Waals surface area contributed by atoms with Crippen molar-refractivity contribution in [3.8, 4) is 0 Å². The molecule has 1 aromatic rings. The molecular weight excluding hydrogens is 234 g/mol. The first-order chi connectivity index (χ1) is 8.58. The summed E-state index contributed by atoms with van der Waals surface area (Å²) in [4.78, 5) is 20.7. The average molecular weight is 251 g/mol. The van der Waals surface area contributed by atoms with E-state index in [-0.39, 0.29) is 11.8 Å². The number of aliphatic hydroxyl groups is 1. The maximum atomic E-state index is 10.7. The van der Waals surface area contributed by atoms with Crippen LogP contribution in [0.4, 0.5) is 5.82 Å². The van der Waals surface area contributed by atoms with Crippen molar-refractivity contribution in [3.63, 3.8) is 0 Å². The van der Waals surface area contributed by atoms with Gasteiger partial charge in [-0.05, 0) is 25.7 Å². The normalized spacial score (nSPS) is 18.7. The SMILES string of the molecule is CC(O)C1CCN(c2cnc(C(=O)O)cn2)CC1. The van der Waals surface area contributed by atoms with Gasteiger partial charge in [0.1, 0.15) is 5.82 Å². The van der Waals surface area contributed by atoms with Gasteiger partial charge in [-0.2, -0.15) is 0 Å². The topological polar surface area (TPSA) is 86.5 Å². The highest BCUT2D eigenvalue weighted by Gasteiger charge is 2.23. The smallest absolute Gasteiger partial charge is 0.356 e. The van der Waals surface area contributed by atoms with E-state index in [4.69, 9.17) is 5.11 Å². The van der Waals surface area contributed by atoms with E-state index in [2.05, 4.69) is 14.9 Å². The summed E-state index contributed by atoms with van der Waals surface area (Å²) in [6.07, 6.45) is 4.33. The lowest BCUT2D eigenvalue weighted by Crippen LogP contribution is -2.37. The van der Waals surface area contributed by atoms with Gasteiger partial charge in [0, 0.05) is 13.1 Å². The number of aliphatic hydroxyl groups excluding tert-OH is 1. The number of anilines is 1. The third-order valence-electron chi connectivity index (χ3n) is 3.40. The molecule has 2 heterocycles. The van der Waals surface area contributed by atoms with E-state index in [9.17, 15) is 9.90 Å². The third kappa shape index (κ3) is 2.76. The quantitative estimate of drug-likeness (QED) is 0.825. The predicted molar refractivity (Wildman–Crippen MR) is 65.6 cm³/mol. The van der Waals surface area contributed by atoms with Crippen molar-refractivity contribution in [2.75, 3.05) is 18.0 Å². The maximum absolute atomic E-state index is 10.7. The van der Waals surface area contributed by atoms with Gasteiger partial charge in [0.2, 0.25) is 0 Å². The van der Waals surface area contributed by atoms with Gasteiger partial charge < -0.3 is 15.1 Å². The van der Waals surface area contributed by atoms with E-state index in [1.54, 1.807) is 0 Å². The van der Waals surface area contributed by atoms with E-state index in [0.717, 1.165) is 25.9 Å². The molecule has 0 aliphatic carbocycles. The molecule has 0 bridgehead atoms. The van der Waals surface area contributed by atoms with Crippen LogP contribution in [0.3, 0.4) is 0 Å². The second-order valence-electron chi connectivity index (χ2n) is 4.63. The van der Waals surface area contributed by atoms with E-state index in [1.807, 2.05) is 6.92 Å². The molecule has 1 fully saturated rings. The van der Waals surface area contributed by atoms with E-state index in [1.165, 1.54) is 12.4 Å². The Hall–Kier alpha value is -1.69. The minimum Gasteiger partial charge on any atom is -0.476 e. The zero-order valence-corrected chi connectivity index (χ0v) is 10.3. The largest absolute Gasteiger partial charge is 0.476 e. The van der Waals surface area contributed by atoms with Gasteiger partial charge in [0.15, 0.2) is 5.69 Å². The molecule has 0 radical (unpaired) electrons. The number of nitrogens with zero attached hydrogens (tertiary/aromatic N) is 3. The highest BCUT2D eigenvalue weighted by atomic mass is 16.4. The number of carbonyl (C=O) groups is 1. The van der Waals surface area contributed by atoms with Crippen molar-refractivity contribution in [3.05, 3.63) is 18.1 Å². The number of carboxylic acids is 1. The Bertz CT molecular complexity index is 411. The molecule has 1 atom stereocenters. The molecule has 0 aromatic carbocycles. The number of piperidine rings is 1. The van der Waals surface area contributed by atoms with Gasteiger partial charge in [0.25, 0.3) is 0 Å². The highest BCUT2D eigenvalue weighted by molar-refractivity contribution is 5.84. The number of hydrogen-bond donors (Lipinski definition) is 2. The number of aromatic nitrogens is 2. The van der Waals surface area contributed by atoms with Gasteiger partial charge in [-0.1, -0.05) is 0 Å². The van der Waals surface area contributed by atoms with Gasteiger partial charge in [-0.3, -0.25) is 0 Å². The lowest BCUT2D eigenvalue weighted by atomic mass is 9.92. The monoisotopic (exact) mass is 251 g/mol. The summed E-state index contributed by atoms with van der Waals surface area (Å²) >= 11 is 0. The second-order valence-corrected chi connectivity index (χ2v) is 4.63. The number of rotatable bonds is 3. The third-order valence-corrected chi connectivity index (χ3v) is 3.40. The summed E-state index contributed by atoms with van der Waals surface area (Å²) in [5, 5.41) is 18.3. The molecule has 6 heteroatoms. The Balaban J connectivity index is 1.99. The lowest BCUT2D eigenvalue weighted by Gasteiger charge is -2.33. The van der Waals surface area contributed by atoms with Crippen molar-refractivity contribution < 1.29 is 15.0 Å². The molecule has 98 valence electrons. The molecule has 1 saturated heterocycles. The zero-order chi connectivity index (χ0) is 13.1. The second kappa shape index (κ2) is 5.30. The van der Waals surface area contributed by atoms with Crippen LogP contribution in [-0.4, -0.2) is 45.3 Å². The van der Waals surface area contributed by atoms with Crippen LogP contribution in [-0.2, 0) is 0 Å². The highest BCUT2D eigenvalue weighted by Crippen LogP contribution is 2.23. The van der Waals surface area contributed by atoms with Crippen LogP contribution in [0, 0.1) is 5.92 Å². The Kier molecular flexibility index (Phi) is 3.76. The fourth-order valence-electron chi connectivity index (χ4n) is 2.21. The lowest BCUT2D eigenvalue weighted by molar-refractivity contribution is 0.0690. The zero-order valence-electron chi connectivity index (χ0n) is 10.3. The standard InChI is InChI=1S/C12H17N3O3/c1-8(16)9-2-4-15(5-3-9)11-7-13-10(6-14-11)12(17)18/h6-9,16H,2-5H2,1H3,(H,17,18). The fourth-order valence-corrected chi connectivity index (χ4v) is 2.21. The summed E-state index contributed by atoms with van der Waals surface area (Å²) in [6.45, 7) is 3.45. The maximum Gasteiger partial charge on any atom is 0.356 e. The van der Waals surface area contributed by atoms with E-state index in [0.29, 0.717) is 11.7 Å². The minimum absolute atomic E-state index is 0.0439. The average Bonchev–Trinajstić information content (AvgIpc) is 2.39. The van der Waals surface area contributed by atoms with Gasteiger partial charge in [-0.25, -0.2) is 14.8 Å². The van der Waals surface area contributed by atoms with Gasteiger partial charge in [-0.15, -0.1) is 0 Å². The van der Waals surface area contributed by atoms with Crippen molar-refractivity contribution >= 4 is 11.8 Å². The van der Waals surface area contributed by atoms with Crippen molar-refractivity contribution in [2.24, 2.45) is 5.92 Å². The Morgan fingerprint density at radius 1 is 1.39 bits per heavy atom. The van der Waals surface area contributed by atoms with Gasteiger partial charge >= 0.3 is 5.97 Å². The summed E-state index contributed by atoms with van der Waals surface area (Å²) < 4.78 is 0. The Labute approximate surface area is 105 Å². The van der Waals surface area contributed by atoms with Crippen LogP contribution in [0.2, 0.25) is 0 Å². The number of carboxylic acid groups (broad SMARTS) is 1. The molecule has 1 aliphatic rings. The van der Waals surface area contributed by atoms with Crippen LogP contribution < -0.4 is 4.90 Å². The molecule has 1 aliphatic heterocycles. The van der Waals surface area contributed by atoms with Gasteiger partial charge in [0.05, 0.1) is 18.5 Å². The van der Waals surface area contributed by atoms with Crippen LogP contribution in [0.25, 0.3) is 0 Å². The minimum atomic E-state index is -1.07. The van der Waals surface area contributed by atoms with Crippen LogP contribution in [0.1, 0.15) is 30.3 Å². The molecule has 0 amide bonds. The molecular formula is C12H17N3O3. The van der Waals surface area contributed by atoms with Crippen LogP contribution >= 0.6 is 0 Å². The molecule has 0 saturated carbocycles. The van der Waals surface area contributed by atoms with Crippen molar-refractivity contribution in [2.45, 2.75) is 25.9 Å². The van der Waals surface area contributed by atoms with E-state index >= 15 is 0 Å². The summed E-state index contributed by atoms with van der Waals surface area (Å²) in [5.74, 6) is -0.0293. The first-order valence-corrected chi connectivity index (χ1v) is 6.06. The molecule has 0 spiro atoms. The van der Waals surface area contributed by atoms with Crippen molar-refractivity contribution in [1.82, 2.24) is 9.97 Å². The molecule has 2 rings (SSSR count). The first-order valence-electron chi connectivity index (χ1n) is 6.06. The summed E-state index contributed by atoms with van der Waals surface area (Å²) in [6, 6.07) is 0. The van der Waals surface area contributed by atoms with E-state index < -0.39 is 5.97 Å². The Morgan fingerprint density at radius 2 is 2.06 bits per heavy atom. The Morgan fingerprint density at radius 3 is 2.50 bits per heavy atom. The molecule has 18 heavy (non-hydrogen) atoms. The number of aromatic carboxylic acids is 1. The fraction of sp³-hybridized carbons (Fsp3) is 0.583. The molecule has 2 N–H and O–H groups in total. The molecule has 1 aromatic heterocycles. The molecule has 6 nitrogen and oxygen atoms in total. The first kappa shape index (κ1) is 12.8. The number of hydrogen-bond acceptors (Lipinski definition) is 5. The van der Waals surface area contributed by atoms with Crippen LogP contribution in [0.15, 0.2) is 12.4 Å². The summed E-state index contributed by atoms with van der Waals surface area (Å²) in [7, 11) is 0. The molecule has 1 unspecified atom stereocenters. The summed E-state index contributed by atoms with van der Waals surface area (Å²) in [5.41, 5.74) is -0.0439.